The van der Waals surface area contributed by atoms with Crippen LogP contribution >= 0.6 is 73.6 Å². The molecule has 0 aromatic carbocycles. The van der Waals surface area contributed by atoms with Crippen LogP contribution in [0.4, 0.5) is 0 Å². The molecular weight excluding hydrogens is 411 g/mol. The lowest BCUT2D eigenvalue weighted by atomic mass is 11.8. The van der Waals surface area contributed by atoms with Crippen LogP contribution in [0.2, 0.25) is 0 Å². The summed E-state index contributed by atoms with van der Waals surface area (Å²) in [6.07, 6.45) is 0. The van der Waals surface area contributed by atoms with Crippen LogP contribution in [0, 0.1) is 0 Å². The second-order valence-corrected chi connectivity index (χ2v) is 16.0. The summed E-state index contributed by atoms with van der Waals surface area (Å²) in [5.74, 6) is 0. The monoisotopic (exact) mass is 414 g/mol. The first kappa shape index (κ1) is 14.2. The summed E-state index contributed by atoms with van der Waals surface area (Å²) in [5.41, 5.74) is 0. The van der Waals surface area contributed by atoms with Crippen LogP contribution in [0.15, 0.2) is 0 Å². The van der Waals surface area contributed by atoms with Gasteiger partial charge in [0.1, 0.15) is 4.61 Å². The second-order valence-electron chi connectivity index (χ2n) is 0.914. The highest BCUT2D eigenvalue weighted by atomic mass is 127. The van der Waals surface area contributed by atoms with Crippen LogP contribution in [0.1, 0.15) is 0 Å². The standard InChI is InChI=1S/CH3IOS8/c2-1-3-11(5,6)10-9-8-7-4/h4H,1H2. The number of thiol groups is 1. The molecule has 0 radical (unpaired) electrons. The number of hydrogen-bond acceptors (Lipinski definition) is 8. The first-order valence-electron chi connectivity index (χ1n) is 1.91. The zero-order valence-corrected chi connectivity index (χ0v) is 13.6. The van der Waals surface area contributed by atoms with E-state index in [0.717, 1.165) is 0 Å². The Morgan fingerprint density at radius 3 is 2.55 bits per heavy atom. The van der Waals surface area contributed by atoms with E-state index in [1.165, 1.54) is 39.3 Å². The maximum absolute atomic E-state index is 5.17. The van der Waals surface area contributed by atoms with Crippen molar-refractivity contribution >= 4 is 102 Å². The van der Waals surface area contributed by atoms with E-state index in [-0.39, 0.29) is 0 Å². The molecular formula is CH3IOS8. The normalized spacial score (nSPS) is 11.8. The maximum Gasteiger partial charge on any atom is 0.114 e. The number of hydrogen-bond donors (Lipinski definition) is 1. The Hall–Kier alpha value is 3.23. The summed E-state index contributed by atoms with van der Waals surface area (Å²) < 4.78 is 5.73. The molecule has 11 heavy (non-hydrogen) atoms. The van der Waals surface area contributed by atoms with E-state index in [0.29, 0.717) is 4.61 Å². The predicted octanol–water partition coefficient (Wildman–Crippen LogP) is 3.83. The van der Waals surface area contributed by atoms with E-state index >= 15 is 0 Å². The van der Waals surface area contributed by atoms with Gasteiger partial charge in [-0.05, 0) is 42.0 Å². The first-order chi connectivity index (χ1) is 5.12. The molecule has 0 aromatic rings. The van der Waals surface area contributed by atoms with Gasteiger partial charge in [0.25, 0.3) is 0 Å². The molecule has 0 N–H and O–H groups in total. The van der Waals surface area contributed by atoms with E-state index in [1.54, 1.807) is 0 Å². The van der Waals surface area contributed by atoms with Crippen molar-refractivity contribution in [3.63, 3.8) is 0 Å². The van der Waals surface area contributed by atoms with E-state index in [9.17, 15) is 0 Å². The Labute approximate surface area is 109 Å². The molecule has 0 spiro atoms. The van der Waals surface area contributed by atoms with Crippen molar-refractivity contribution in [1.82, 2.24) is 0 Å². The van der Waals surface area contributed by atoms with Gasteiger partial charge in [-0.3, -0.25) is 4.18 Å². The van der Waals surface area contributed by atoms with Crippen molar-refractivity contribution in [2.75, 3.05) is 4.61 Å². The smallest absolute Gasteiger partial charge is 0.114 e. The lowest BCUT2D eigenvalue weighted by Crippen LogP contribution is -1.91. The molecule has 0 amide bonds. The highest BCUT2D eigenvalue weighted by molar-refractivity contribution is 14.1. The average Bonchev–Trinajstić information content (AvgIpc) is 1.87. The Balaban J connectivity index is 3.56. The molecule has 0 aromatic heterocycles. The fourth-order valence-corrected chi connectivity index (χ4v) is 16.0. The maximum atomic E-state index is 5.17. The molecule has 0 rings (SSSR count). The predicted molar refractivity (Wildman–Crippen MR) is 81.4 cm³/mol. The van der Waals surface area contributed by atoms with Gasteiger partial charge >= 0.3 is 0 Å². The summed E-state index contributed by atoms with van der Waals surface area (Å²) in [6.45, 7) is -1.73. The number of alkyl halides is 1. The molecule has 0 fully saturated rings. The second kappa shape index (κ2) is 8.53. The molecule has 10 heteroatoms. The fraction of sp³-hybridized carbons (Fsp3) is 1.00. The molecule has 1 nitrogen and oxygen atoms in total. The van der Waals surface area contributed by atoms with Crippen LogP contribution in [-0.4, -0.2) is 4.61 Å². The van der Waals surface area contributed by atoms with E-state index in [1.807, 2.05) is 0 Å². The molecule has 68 valence electrons. The van der Waals surface area contributed by atoms with Gasteiger partial charge in [0.2, 0.25) is 0 Å². The van der Waals surface area contributed by atoms with Gasteiger partial charge < -0.3 is 0 Å². The fourth-order valence-electron chi connectivity index (χ4n) is 0.132. The highest BCUT2D eigenvalue weighted by Crippen LogP contribution is 2.47. The summed E-state index contributed by atoms with van der Waals surface area (Å²) in [5, 5.41) is 0. The topological polar surface area (TPSA) is 9.23 Å². The molecule has 0 heterocycles. The van der Waals surface area contributed by atoms with Crippen LogP contribution in [-0.2, 0) is 33.0 Å². The quantitative estimate of drug-likeness (QED) is 0.230. The van der Waals surface area contributed by atoms with E-state index < -0.39 is 6.46 Å². The van der Waals surface area contributed by atoms with Gasteiger partial charge in [-0.2, -0.15) is 0 Å². The van der Waals surface area contributed by atoms with Crippen LogP contribution < -0.4 is 0 Å². The molecule has 0 bridgehead atoms. The summed E-state index contributed by atoms with van der Waals surface area (Å²) in [4.78, 5) is 0. The minimum atomic E-state index is -1.73. The Morgan fingerprint density at radius 1 is 1.45 bits per heavy atom. The Bertz CT molecular complexity index is 173. The van der Waals surface area contributed by atoms with Gasteiger partial charge in [0.05, 0.1) is 6.46 Å². The zero-order valence-electron chi connectivity index (χ0n) is 4.80. The van der Waals surface area contributed by atoms with Gasteiger partial charge in [0, 0.05) is 19.7 Å². The summed E-state index contributed by atoms with van der Waals surface area (Å²) >= 11 is 16.1. The molecule has 0 aliphatic rings. The molecule has 0 saturated carbocycles. The van der Waals surface area contributed by atoms with E-state index in [2.05, 4.69) is 34.3 Å². The minimum Gasteiger partial charge on any atom is -0.291 e. The Morgan fingerprint density at radius 2 is 2.09 bits per heavy atom. The van der Waals surface area contributed by atoms with Crippen molar-refractivity contribution in [2.45, 2.75) is 0 Å². The van der Waals surface area contributed by atoms with Crippen molar-refractivity contribution in [3.05, 3.63) is 0 Å². The van der Waals surface area contributed by atoms with Crippen molar-refractivity contribution in [2.24, 2.45) is 0 Å². The summed E-state index contributed by atoms with van der Waals surface area (Å²) in [6, 6.07) is 0. The van der Waals surface area contributed by atoms with Crippen molar-refractivity contribution in [3.8, 4) is 0 Å². The largest absolute Gasteiger partial charge is 0.291 e. The van der Waals surface area contributed by atoms with Crippen LogP contribution in [0.25, 0.3) is 0 Å². The third kappa shape index (κ3) is 9.53. The van der Waals surface area contributed by atoms with Crippen LogP contribution in [0.3, 0.4) is 0 Å². The lowest BCUT2D eigenvalue weighted by Gasteiger charge is -2.04. The van der Waals surface area contributed by atoms with Gasteiger partial charge in [-0.1, -0.05) is 34.3 Å². The third-order valence-corrected chi connectivity index (χ3v) is 14.4. The van der Waals surface area contributed by atoms with Crippen molar-refractivity contribution < 1.29 is 4.18 Å². The number of rotatable bonds is 6. The zero-order chi connectivity index (χ0) is 8.74. The van der Waals surface area contributed by atoms with E-state index in [4.69, 9.17) is 26.6 Å². The summed E-state index contributed by atoms with van der Waals surface area (Å²) in [7, 11) is 5.85. The number of halogens is 1. The van der Waals surface area contributed by atoms with Crippen LogP contribution in [0.5, 0.6) is 0 Å². The van der Waals surface area contributed by atoms with Gasteiger partial charge in [0.15, 0.2) is 0 Å². The lowest BCUT2D eigenvalue weighted by molar-refractivity contribution is 0.479. The molecule has 0 aliphatic heterocycles. The Kier molecular flexibility index (Phi) is 11.0. The van der Waals surface area contributed by atoms with Gasteiger partial charge in [-0.25, -0.2) is 0 Å². The highest BCUT2D eigenvalue weighted by Gasteiger charge is 2.02. The van der Waals surface area contributed by atoms with Crippen molar-refractivity contribution in [1.29, 1.82) is 0 Å². The molecule has 0 saturated heterocycles. The molecule has 0 unspecified atom stereocenters. The first-order valence-corrected chi connectivity index (χ1v) is 13.2. The van der Waals surface area contributed by atoms with Gasteiger partial charge in [-0.15, -0.1) is 0 Å². The minimum absolute atomic E-state index is 0.562. The third-order valence-electron chi connectivity index (χ3n) is 0.358. The molecule has 0 aliphatic carbocycles. The SMILES string of the molecule is S=S(=S)(OCI)SSSSS. The average molecular weight is 414 g/mol. The molecule has 0 atom stereocenters.